The van der Waals surface area contributed by atoms with Crippen molar-refractivity contribution in [1.82, 2.24) is 0 Å². The van der Waals surface area contributed by atoms with Crippen molar-refractivity contribution in [2.45, 2.75) is 66.5 Å². The molecule has 110 valence electrons. The van der Waals surface area contributed by atoms with Gasteiger partial charge >= 0.3 is 5.97 Å². The van der Waals surface area contributed by atoms with Crippen LogP contribution < -0.4 is 0 Å². The van der Waals surface area contributed by atoms with Crippen molar-refractivity contribution in [2.24, 2.45) is 11.8 Å². The first-order valence-electron chi connectivity index (χ1n) is 7.43. The van der Waals surface area contributed by atoms with Gasteiger partial charge < -0.3 is 4.74 Å². The van der Waals surface area contributed by atoms with Gasteiger partial charge in [-0.25, -0.2) is 4.79 Å². The van der Waals surface area contributed by atoms with Gasteiger partial charge in [0.15, 0.2) is 6.71 Å². The van der Waals surface area contributed by atoms with E-state index in [2.05, 4.69) is 55.0 Å². The van der Waals surface area contributed by atoms with Gasteiger partial charge in [0, 0.05) is 0 Å². The zero-order valence-corrected chi connectivity index (χ0v) is 14.0. The Hall–Kier alpha value is -0.725. The molecular weight excluding hydrogens is 235 g/mol. The van der Waals surface area contributed by atoms with Crippen molar-refractivity contribution < 1.29 is 9.53 Å². The molecule has 0 aliphatic rings. The number of carbonyl (C=O) groups excluding carboxylic acids is 1. The van der Waals surface area contributed by atoms with Crippen LogP contribution in [0.15, 0.2) is 12.1 Å². The molecule has 0 heterocycles. The highest BCUT2D eigenvalue weighted by Crippen LogP contribution is 2.46. The molecule has 0 aromatic rings. The molecule has 0 saturated carbocycles. The monoisotopic (exact) mass is 266 g/mol. The maximum Gasteiger partial charge on any atom is 0.324 e. The van der Waals surface area contributed by atoms with Crippen molar-refractivity contribution in [2.75, 3.05) is 6.61 Å². The molecule has 1 unspecified atom stereocenters. The maximum absolute atomic E-state index is 12.1. The van der Waals surface area contributed by atoms with E-state index < -0.39 is 0 Å². The van der Waals surface area contributed by atoms with E-state index in [4.69, 9.17) is 4.74 Å². The van der Waals surface area contributed by atoms with Crippen molar-refractivity contribution in [1.29, 1.82) is 0 Å². The van der Waals surface area contributed by atoms with Crippen LogP contribution in [0.25, 0.3) is 0 Å². The summed E-state index contributed by atoms with van der Waals surface area (Å²) in [6.45, 7) is 21.9. The summed E-state index contributed by atoms with van der Waals surface area (Å²) in [5.41, 5.74) is 0.627. The molecule has 1 atom stereocenters. The molecule has 0 spiro atoms. The number of esters is 1. The Balaban J connectivity index is 5.41. The zero-order valence-electron chi connectivity index (χ0n) is 14.0. The first-order valence-corrected chi connectivity index (χ1v) is 7.43. The number of rotatable bonds is 7. The van der Waals surface area contributed by atoms with Crippen molar-refractivity contribution in [3.63, 3.8) is 0 Å². The SMILES string of the molecule is C=C(B(C(C)C(C)C)C(C)(C)C(C)C)C(=O)OCC. The average molecular weight is 266 g/mol. The lowest BCUT2D eigenvalue weighted by atomic mass is 9.22. The van der Waals surface area contributed by atoms with Crippen LogP contribution in [0.2, 0.25) is 11.1 Å². The Kier molecular flexibility index (Phi) is 6.89. The van der Waals surface area contributed by atoms with Crippen LogP contribution >= 0.6 is 0 Å². The van der Waals surface area contributed by atoms with E-state index in [0.29, 0.717) is 29.7 Å². The molecule has 0 N–H and O–H groups in total. The number of ether oxygens (including phenoxy) is 1. The van der Waals surface area contributed by atoms with Crippen molar-refractivity contribution in [3.8, 4) is 0 Å². The van der Waals surface area contributed by atoms with Crippen LogP contribution in [0.1, 0.15) is 55.4 Å². The Bertz CT molecular complexity index is 319. The topological polar surface area (TPSA) is 26.3 Å². The second kappa shape index (κ2) is 7.16. The molecule has 0 aliphatic heterocycles. The van der Waals surface area contributed by atoms with Gasteiger partial charge in [0.2, 0.25) is 0 Å². The van der Waals surface area contributed by atoms with Gasteiger partial charge in [-0.1, -0.05) is 66.8 Å². The number of hydrogen-bond donors (Lipinski definition) is 0. The molecule has 0 amide bonds. The van der Waals surface area contributed by atoms with Gasteiger partial charge in [-0.15, -0.1) is 0 Å². The molecule has 0 aromatic heterocycles. The van der Waals surface area contributed by atoms with Gasteiger partial charge in [0.25, 0.3) is 0 Å². The summed E-state index contributed by atoms with van der Waals surface area (Å²) < 4.78 is 5.15. The van der Waals surface area contributed by atoms with Gasteiger partial charge in [0.05, 0.1) is 6.61 Å². The van der Waals surface area contributed by atoms with Gasteiger partial charge in [-0.05, 0) is 23.6 Å². The van der Waals surface area contributed by atoms with E-state index in [9.17, 15) is 4.79 Å². The Morgan fingerprint density at radius 1 is 1.21 bits per heavy atom. The van der Waals surface area contributed by atoms with E-state index in [0.717, 1.165) is 0 Å². The highest BCUT2D eigenvalue weighted by Gasteiger charge is 2.44. The Morgan fingerprint density at radius 2 is 1.68 bits per heavy atom. The third-order valence-corrected chi connectivity index (χ3v) is 4.78. The Labute approximate surface area is 120 Å². The van der Waals surface area contributed by atoms with E-state index >= 15 is 0 Å². The maximum atomic E-state index is 12.1. The van der Waals surface area contributed by atoms with Crippen LogP contribution in [0.3, 0.4) is 0 Å². The molecule has 2 nitrogen and oxygen atoms in total. The standard InChI is InChI=1S/C16H31BO2/c1-10-19-15(18)14(7)17(13(6)11(2)3)16(8,9)12(4)5/h11-13H,7,10H2,1-6,8-9H3. The van der Waals surface area contributed by atoms with Gasteiger partial charge in [0.1, 0.15) is 0 Å². The highest BCUT2D eigenvalue weighted by molar-refractivity contribution is 6.75. The molecule has 0 rings (SSSR count). The summed E-state index contributed by atoms with van der Waals surface area (Å²) in [4.78, 5) is 12.1. The van der Waals surface area contributed by atoms with E-state index in [1.54, 1.807) is 0 Å². The molecule has 0 aromatic carbocycles. The molecule has 0 aliphatic carbocycles. The fraction of sp³-hybridized carbons (Fsp3) is 0.812. The second-order valence-corrected chi connectivity index (χ2v) is 6.80. The predicted octanol–water partition coefficient (Wildman–Crippen LogP) is 4.62. The van der Waals surface area contributed by atoms with E-state index in [1.165, 1.54) is 0 Å². The lowest BCUT2D eigenvalue weighted by molar-refractivity contribution is -0.137. The number of hydrogen-bond acceptors (Lipinski definition) is 2. The lowest BCUT2D eigenvalue weighted by Crippen LogP contribution is -2.41. The van der Waals surface area contributed by atoms with Crippen LogP contribution in [0.4, 0.5) is 0 Å². The fourth-order valence-electron chi connectivity index (χ4n) is 2.54. The van der Waals surface area contributed by atoms with Crippen molar-refractivity contribution >= 4 is 12.7 Å². The van der Waals surface area contributed by atoms with Gasteiger partial charge in [-0.2, -0.15) is 0 Å². The smallest absolute Gasteiger partial charge is 0.324 e. The number of carbonyl (C=O) groups is 1. The fourth-order valence-corrected chi connectivity index (χ4v) is 2.54. The summed E-state index contributed by atoms with van der Waals surface area (Å²) >= 11 is 0. The lowest BCUT2D eigenvalue weighted by Gasteiger charge is -2.41. The average Bonchev–Trinajstić information content (AvgIpc) is 2.28. The molecule has 0 fully saturated rings. The summed E-state index contributed by atoms with van der Waals surface area (Å²) in [7, 11) is 0. The largest absolute Gasteiger partial charge is 0.463 e. The summed E-state index contributed by atoms with van der Waals surface area (Å²) in [5, 5.41) is 0.0214. The van der Waals surface area contributed by atoms with Crippen LogP contribution in [-0.2, 0) is 9.53 Å². The van der Waals surface area contributed by atoms with Crippen LogP contribution in [0.5, 0.6) is 0 Å². The van der Waals surface area contributed by atoms with Crippen molar-refractivity contribution in [3.05, 3.63) is 12.1 Å². The molecule has 0 saturated heterocycles. The molecule has 0 radical (unpaired) electrons. The van der Waals surface area contributed by atoms with Crippen LogP contribution in [-0.4, -0.2) is 19.3 Å². The summed E-state index contributed by atoms with van der Waals surface area (Å²) in [6, 6.07) is 0. The quantitative estimate of drug-likeness (QED) is 0.382. The molecule has 3 heteroatoms. The Morgan fingerprint density at radius 3 is 2.00 bits per heavy atom. The minimum absolute atomic E-state index is 0.0214. The zero-order chi connectivity index (χ0) is 15.4. The summed E-state index contributed by atoms with van der Waals surface area (Å²) in [6.07, 6.45) is 0. The second-order valence-electron chi connectivity index (χ2n) is 6.80. The van der Waals surface area contributed by atoms with E-state index in [-0.39, 0.29) is 18.0 Å². The highest BCUT2D eigenvalue weighted by atomic mass is 16.5. The third-order valence-electron chi connectivity index (χ3n) is 4.78. The first kappa shape index (κ1) is 18.3. The molecule has 19 heavy (non-hydrogen) atoms. The van der Waals surface area contributed by atoms with Gasteiger partial charge in [-0.3, -0.25) is 0 Å². The third kappa shape index (κ3) is 4.40. The summed E-state index contributed by atoms with van der Waals surface area (Å²) in [5.74, 6) is 1.14. The van der Waals surface area contributed by atoms with Crippen LogP contribution in [0, 0.1) is 11.8 Å². The minimum atomic E-state index is -0.242. The normalized spacial score (nSPS) is 13.6. The molecule has 0 bridgehead atoms. The first-order chi connectivity index (χ1) is 8.57. The predicted molar refractivity (Wildman–Crippen MR) is 84.7 cm³/mol. The molecular formula is C16H31BO2. The minimum Gasteiger partial charge on any atom is -0.463 e. The van der Waals surface area contributed by atoms with E-state index in [1.807, 2.05) is 6.92 Å².